The molecule has 1 fully saturated rings. The molecule has 11 heteroatoms. The van der Waals surface area contributed by atoms with Crippen molar-refractivity contribution < 1.29 is 31.9 Å². The van der Waals surface area contributed by atoms with Gasteiger partial charge in [-0.2, -0.15) is 0 Å². The molecule has 1 atom stereocenters. The molecule has 1 aliphatic rings. The number of amides is 3. The van der Waals surface area contributed by atoms with E-state index in [9.17, 15) is 27.2 Å². The van der Waals surface area contributed by atoms with Gasteiger partial charge in [-0.1, -0.05) is 29.3 Å². The van der Waals surface area contributed by atoms with Crippen LogP contribution in [0.1, 0.15) is 16.8 Å². The van der Waals surface area contributed by atoms with Crippen molar-refractivity contribution in [3.8, 4) is 5.75 Å². The summed E-state index contributed by atoms with van der Waals surface area (Å²) in [5.41, 5.74) is -0.886. The molecule has 0 aliphatic heterocycles. The van der Waals surface area contributed by atoms with Crippen LogP contribution in [0.3, 0.4) is 0 Å². The Labute approximate surface area is 171 Å². The minimum absolute atomic E-state index is 0.0309. The number of rotatable bonds is 5. The average Bonchev–Trinajstić information content (AvgIpc) is 3.20. The first-order chi connectivity index (χ1) is 13.6. The summed E-state index contributed by atoms with van der Waals surface area (Å²) in [6.07, 6.45) is -0.279. The zero-order chi connectivity index (χ0) is 21.3. The van der Waals surface area contributed by atoms with E-state index in [4.69, 9.17) is 27.9 Å². The normalized spacial score (nSPS) is 16.8. The maximum absolute atomic E-state index is 13.6. The van der Waals surface area contributed by atoms with Crippen LogP contribution in [0, 0.1) is 17.6 Å². The van der Waals surface area contributed by atoms with Crippen molar-refractivity contribution in [3.63, 3.8) is 0 Å². The minimum atomic E-state index is -2.76. The fourth-order valence-electron chi connectivity index (χ4n) is 2.45. The number of ether oxygens (including phenoxy) is 1. The SMILES string of the molecule is O=C(NC(=O)c1c(F)cccc1F)Nc1cc(Cl)c(OCC2CC2(F)F)c(Cl)c1. The number of hydrogen-bond acceptors (Lipinski definition) is 3. The molecule has 1 unspecified atom stereocenters. The molecule has 3 rings (SSSR count). The number of carbonyl (C=O) groups is 2. The summed E-state index contributed by atoms with van der Waals surface area (Å²) < 4.78 is 58.2. The summed E-state index contributed by atoms with van der Waals surface area (Å²) >= 11 is 12.0. The summed E-state index contributed by atoms with van der Waals surface area (Å²) in [5.74, 6) is -7.27. The largest absolute Gasteiger partial charge is 0.490 e. The highest BCUT2D eigenvalue weighted by molar-refractivity contribution is 6.37. The summed E-state index contributed by atoms with van der Waals surface area (Å²) in [4.78, 5) is 23.8. The van der Waals surface area contributed by atoms with Gasteiger partial charge in [0.05, 0.1) is 22.6 Å². The third kappa shape index (κ3) is 4.91. The van der Waals surface area contributed by atoms with Crippen LogP contribution in [-0.2, 0) is 0 Å². The molecule has 5 nitrogen and oxygen atoms in total. The van der Waals surface area contributed by atoms with Crippen molar-refractivity contribution in [1.82, 2.24) is 5.32 Å². The van der Waals surface area contributed by atoms with Crippen LogP contribution in [0.4, 0.5) is 28.0 Å². The number of hydrogen-bond donors (Lipinski definition) is 2. The van der Waals surface area contributed by atoms with E-state index in [1.807, 2.05) is 0 Å². The Balaban J connectivity index is 1.64. The van der Waals surface area contributed by atoms with Gasteiger partial charge >= 0.3 is 6.03 Å². The molecular formula is C18H12Cl2F4N2O3. The third-order valence-electron chi connectivity index (χ3n) is 4.06. The summed E-state index contributed by atoms with van der Waals surface area (Å²) in [5, 5.41) is 3.86. The number of imide groups is 1. The first-order valence-corrected chi connectivity index (χ1v) is 8.90. The standard InChI is InChI=1S/C18H12Cl2F4N2O3/c19-10-4-9(5-11(20)15(10)29-7-8-6-18(8,23)24)25-17(28)26-16(27)14-12(21)2-1-3-13(14)22/h1-5,8H,6-7H2,(H2,25,26,27,28). The minimum Gasteiger partial charge on any atom is -0.490 e. The molecule has 1 saturated carbocycles. The van der Waals surface area contributed by atoms with Crippen LogP contribution in [-0.4, -0.2) is 24.5 Å². The number of benzene rings is 2. The number of carbonyl (C=O) groups excluding carboxylic acids is 2. The lowest BCUT2D eigenvalue weighted by Gasteiger charge is -2.13. The monoisotopic (exact) mass is 450 g/mol. The van der Waals surface area contributed by atoms with Crippen LogP contribution in [0.25, 0.3) is 0 Å². The van der Waals surface area contributed by atoms with E-state index in [0.29, 0.717) is 0 Å². The molecule has 2 N–H and O–H groups in total. The van der Waals surface area contributed by atoms with Crippen molar-refractivity contribution in [3.05, 3.63) is 57.6 Å². The Morgan fingerprint density at radius 2 is 1.69 bits per heavy atom. The highest BCUT2D eigenvalue weighted by atomic mass is 35.5. The number of halogens is 6. The summed E-state index contributed by atoms with van der Waals surface area (Å²) in [7, 11) is 0. The maximum atomic E-state index is 13.6. The predicted octanol–water partition coefficient (Wildman–Crippen LogP) is 5.27. The molecule has 0 aromatic heterocycles. The van der Waals surface area contributed by atoms with Crippen molar-refractivity contribution >= 4 is 40.8 Å². The Hall–Kier alpha value is -2.52. The average molecular weight is 451 g/mol. The molecule has 2 aromatic carbocycles. The van der Waals surface area contributed by atoms with Gasteiger partial charge in [0.15, 0.2) is 5.75 Å². The highest BCUT2D eigenvalue weighted by Gasteiger charge is 2.57. The number of anilines is 1. The van der Waals surface area contributed by atoms with Gasteiger partial charge in [0.2, 0.25) is 0 Å². The summed E-state index contributed by atoms with van der Waals surface area (Å²) in [6.45, 7) is -0.275. The van der Waals surface area contributed by atoms with Gasteiger partial charge in [-0.05, 0) is 24.3 Å². The van der Waals surface area contributed by atoms with Gasteiger partial charge in [-0.3, -0.25) is 10.1 Å². The number of urea groups is 1. The van der Waals surface area contributed by atoms with E-state index < -0.39 is 41.0 Å². The lowest BCUT2D eigenvalue weighted by atomic mass is 10.2. The number of nitrogens with one attached hydrogen (secondary N) is 2. The highest BCUT2D eigenvalue weighted by Crippen LogP contribution is 2.49. The number of alkyl halides is 2. The first-order valence-electron chi connectivity index (χ1n) is 8.14. The van der Waals surface area contributed by atoms with E-state index in [1.54, 1.807) is 5.32 Å². The van der Waals surface area contributed by atoms with Crippen LogP contribution in [0.2, 0.25) is 10.0 Å². The second kappa shape index (κ2) is 8.08. The van der Waals surface area contributed by atoms with Crippen molar-refractivity contribution in [2.45, 2.75) is 12.3 Å². The van der Waals surface area contributed by atoms with Gasteiger partial charge in [-0.15, -0.1) is 0 Å². The van der Waals surface area contributed by atoms with Gasteiger partial charge in [0, 0.05) is 12.1 Å². The molecule has 0 radical (unpaired) electrons. The molecule has 0 saturated heterocycles. The maximum Gasteiger partial charge on any atom is 0.326 e. The lowest BCUT2D eigenvalue weighted by molar-refractivity contribution is 0.0855. The van der Waals surface area contributed by atoms with Crippen LogP contribution >= 0.6 is 23.2 Å². The molecule has 154 valence electrons. The van der Waals surface area contributed by atoms with Gasteiger partial charge in [0.25, 0.3) is 11.8 Å². The van der Waals surface area contributed by atoms with Crippen LogP contribution < -0.4 is 15.4 Å². The Bertz CT molecular complexity index is 944. The van der Waals surface area contributed by atoms with Crippen molar-refractivity contribution in [2.24, 2.45) is 5.92 Å². The molecule has 0 heterocycles. The molecule has 29 heavy (non-hydrogen) atoms. The smallest absolute Gasteiger partial charge is 0.326 e. The van der Waals surface area contributed by atoms with E-state index in [-0.39, 0.29) is 34.5 Å². The van der Waals surface area contributed by atoms with Gasteiger partial charge in [0.1, 0.15) is 17.2 Å². The van der Waals surface area contributed by atoms with Crippen LogP contribution in [0.5, 0.6) is 5.75 Å². The fourth-order valence-corrected chi connectivity index (χ4v) is 3.04. The topological polar surface area (TPSA) is 67.4 Å². The molecule has 2 aromatic rings. The zero-order valence-electron chi connectivity index (χ0n) is 14.4. The fraction of sp³-hybridized carbons (Fsp3) is 0.222. The molecule has 3 amide bonds. The van der Waals surface area contributed by atoms with Gasteiger partial charge < -0.3 is 10.1 Å². The first kappa shape index (κ1) is 21.2. The Kier molecular flexibility index (Phi) is 5.90. The molecular weight excluding hydrogens is 439 g/mol. The third-order valence-corrected chi connectivity index (χ3v) is 4.62. The second-order valence-corrected chi connectivity index (χ2v) is 7.06. The zero-order valence-corrected chi connectivity index (χ0v) is 15.9. The van der Waals surface area contributed by atoms with E-state index >= 15 is 0 Å². The Morgan fingerprint density at radius 3 is 2.21 bits per heavy atom. The molecule has 0 spiro atoms. The van der Waals surface area contributed by atoms with Gasteiger partial charge in [-0.25, -0.2) is 22.4 Å². The van der Waals surface area contributed by atoms with Crippen molar-refractivity contribution in [2.75, 3.05) is 11.9 Å². The van der Waals surface area contributed by atoms with E-state index in [1.165, 1.54) is 12.1 Å². The summed E-state index contributed by atoms with van der Waals surface area (Å²) in [6, 6.07) is 4.12. The second-order valence-electron chi connectivity index (χ2n) is 6.25. The van der Waals surface area contributed by atoms with Crippen LogP contribution in [0.15, 0.2) is 30.3 Å². The molecule has 1 aliphatic carbocycles. The van der Waals surface area contributed by atoms with E-state index in [0.717, 1.165) is 18.2 Å². The van der Waals surface area contributed by atoms with E-state index in [2.05, 4.69) is 5.32 Å². The predicted molar refractivity (Wildman–Crippen MR) is 97.9 cm³/mol. The van der Waals surface area contributed by atoms with Crippen molar-refractivity contribution in [1.29, 1.82) is 0 Å². The Morgan fingerprint density at radius 1 is 1.14 bits per heavy atom. The molecule has 0 bridgehead atoms. The lowest BCUT2D eigenvalue weighted by Crippen LogP contribution is -2.35. The quantitative estimate of drug-likeness (QED) is 0.609.